The van der Waals surface area contributed by atoms with E-state index in [0.29, 0.717) is 12.6 Å². The summed E-state index contributed by atoms with van der Waals surface area (Å²) < 4.78 is 1.99. The number of aromatic nitrogens is 1. The largest absolute Gasteiger partial charge is 0.315 e. The molecule has 0 amide bonds. The third-order valence-electron chi connectivity index (χ3n) is 4.13. The number of pyridine rings is 1. The Morgan fingerprint density at radius 2 is 1.86 bits per heavy atom. The standard InChI is InChI=1S/C18H22N2O/c1-3-13-4-6-14(7-5-13)17-11-8-15(12-19-2)18(21)20(17)16-9-10-16/h4-8,11,16,19H,3,9-10,12H2,1-2H3. The Kier molecular flexibility index (Phi) is 3.93. The summed E-state index contributed by atoms with van der Waals surface area (Å²) in [6, 6.07) is 13.0. The molecule has 1 aromatic carbocycles. The number of nitrogens with one attached hydrogen (secondary N) is 1. The van der Waals surface area contributed by atoms with E-state index in [9.17, 15) is 4.79 Å². The van der Waals surface area contributed by atoms with Crippen molar-refractivity contribution in [2.75, 3.05) is 7.05 Å². The molecule has 1 aliphatic rings. The Labute approximate surface area is 125 Å². The van der Waals surface area contributed by atoms with Gasteiger partial charge in [0.15, 0.2) is 0 Å². The van der Waals surface area contributed by atoms with E-state index in [4.69, 9.17) is 0 Å². The van der Waals surface area contributed by atoms with Crippen molar-refractivity contribution in [3.63, 3.8) is 0 Å². The molecule has 0 bridgehead atoms. The molecular formula is C18H22N2O. The van der Waals surface area contributed by atoms with Crippen molar-refractivity contribution in [3.05, 3.63) is 57.9 Å². The van der Waals surface area contributed by atoms with Gasteiger partial charge in [-0.1, -0.05) is 37.3 Å². The van der Waals surface area contributed by atoms with Crippen LogP contribution in [0.25, 0.3) is 11.3 Å². The fourth-order valence-corrected chi connectivity index (χ4v) is 2.76. The van der Waals surface area contributed by atoms with Crippen molar-refractivity contribution < 1.29 is 0 Å². The van der Waals surface area contributed by atoms with Gasteiger partial charge in [0.1, 0.15) is 0 Å². The molecule has 2 aromatic rings. The van der Waals surface area contributed by atoms with Crippen LogP contribution in [0.2, 0.25) is 0 Å². The van der Waals surface area contributed by atoms with Gasteiger partial charge in [-0.15, -0.1) is 0 Å². The molecule has 110 valence electrons. The quantitative estimate of drug-likeness (QED) is 0.914. The first-order valence-corrected chi connectivity index (χ1v) is 7.73. The maximum Gasteiger partial charge on any atom is 0.255 e. The first-order valence-electron chi connectivity index (χ1n) is 7.73. The minimum Gasteiger partial charge on any atom is -0.315 e. The maximum atomic E-state index is 12.7. The van der Waals surface area contributed by atoms with Gasteiger partial charge in [0.05, 0.1) is 5.69 Å². The highest BCUT2D eigenvalue weighted by Gasteiger charge is 2.27. The monoisotopic (exact) mass is 282 g/mol. The van der Waals surface area contributed by atoms with Gasteiger partial charge in [-0.25, -0.2) is 0 Å². The average molecular weight is 282 g/mol. The fraction of sp³-hybridized carbons (Fsp3) is 0.389. The molecule has 0 spiro atoms. The van der Waals surface area contributed by atoms with Gasteiger partial charge in [0.2, 0.25) is 0 Å². The lowest BCUT2D eigenvalue weighted by molar-refractivity contribution is 0.691. The molecule has 1 heterocycles. The van der Waals surface area contributed by atoms with Crippen LogP contribution in [-0.2, 0) is 13.0 Å². The van der Waals surface area contributed by atoms with E-state index in [1.807, 2.05) is 17.7 Å². The topological polar surface area (TPSA) is 34.0 Å². The minimum atomic E-state index is 0.156. The van der Waals surface area contributed by atoms with Crippen LogP contribution in [0.15, 0.2) is 41.2 Å². The molecule has 1 fully saturated rings. The van der Waals surface area contributed by atoms with E-state index < -0.39 is 0 Å². The number of aryl methyl sites for hydroxylation is 1. The molecule has 1 aromatic heterocycles. The highest BCUT2D eigenvalue weighted by Crippen LogP contribution is 2.37. The van der Waals surface area contributed by atoms with Crippen LogP contribution in [0.4, 0.5) is 0 Å². The van der Waals surface area contributed by atoms with Crippen molar-refractivity contribution >= 4 is 0 Å². The summed E-state index contributed by atoms with van der Waals surface area (Å²) in [7, 11) is 1.87. The molecular weight excluding hydrogens is 260 g/mol. The van der Waals surface area contributed by atoms with E-state index in [-0.39, 0.29) is 5.56 Å². The SMILES string of the molecule is CCc1ccc(-c2ccc(CNC)c(=O)n2C2CC2)cc1. The van der Waals surface area contributed by atoms with Gasteiger partial charge in [-0.2, -0.15) is 0 Å². The van der Waals surface area contributed by atoms with E-state index in [2.05, 4.69) is 42.6 Å². The Hall–Kier alpha value is -1.87. The molecule has 3 rings (SSSR count). The molecule has 0 unspecified atom stereocenters. The molecule has 0 atom stereocenters. The average Bonchev–Trinajstić information content (AvgIpc) is 3.34. The third kappa shape index (κ3) is 2.79. The fourth-order valence-electron chi connectivity index (χ4n) is 2.76. The molecule has 0 aliphatic heterocycles. The number of hydrogen-bond acceptors (Lipinski definition) is 2. The van der Waals surface area contributed by atoms with E-state index in [0.717, 1.165) is 36.1 Å². The minimum absolute atomic E-state index is 0.156. The molecule has 1 saturated carbocycles. The Balaban J connectivity index is 2.08. The summed E-state index contributed by atoms with van der Waals surface area (Å²) in [4.78, 5) is 12.7. The summed E-state index contributed by atoms with van der Waals surface area (Å²) in [6.07, 6.45) is 3.27. The number of nitrogens with zero attached hydrogens (tertiary/aromatic N) is 1. The highest BCUT2D eigenvalue weighted by molar-refractivity contribution is 5.60. The van der Waals surface area contributed by atoms with E-state index in [1.165, 1.54) is 5.56 Å². The molecule has 3 nitrogen and oxygen atoms in total. The van der Waals surface area contributed by atoms with Crippen LogP contribution in [0.1, 0.15) is 36.9 Å². The van der Waals surface area contributed by atoms with Gasteiger partial charge in [0.25, 0.3) is 5.56 Å². The van der Waals surface area contributed by atoms with E-state index in [1.54, 1.807) is 0 Å². The second-order valence-electron chi connectivity index (χ2n) is 5.73. The van der Waals surface area contributed by atoms with Gasteiger partial charge in [-0.05, 0) is 43.5 Å². The Bertz CT molecular complexity index is 681. The predicted molar refractivity (Wildman–Crippen MR) is 86.6 cm³/mol. The molecule has 1 N–H and O–H groups in total. The summed E-state index contributed by atoms with van der Waals surface area (Å²) in [5.41, 5.74) is 4.50. The maximum absolute atomic E-state index is 12.7. The van der Waals surface area contributed by atoms with Gasteiger partial charge >= 0.3 is 0 Å². The van der Waals surface area contributed by atoms with Gasteiger partial charge in [-0.3, -0.25) is 4.79 Å². The van der Waals surface area contributed by atoms with Gasteiger partial charge in [0, 0.05) is 18.2 Å². The lowest BCUT2D eigenvalue weighted by atomic mass is 10.1. The smallest absolute Gasteiger partial charge is 0.255 e. The van der Waals surface area contributed by atoms with Crippen molar-refractivity contribution in [1.82, 2.24) is 9.88 Å². The summed E-state index contributed by atoms with van der Waals surface area (Å²) in [5.74, 6) is 0. The Morgan fingerprint density at radius 1 is 1.14 bits per heavy atom. The second kappa shape index (κ2) is 5.86. The number of rotatable bonds is 5. The van der Waals surface area contributed by atoms with E-state index >= 15 is 0 Å². The number of benzene rings is 1. The van der Waals surface area contributed by atoms with Crippen LogP contribution in [0.3, 0.4) is 0 Å². The van der Waals surface area contributed by atoms with Gasteiger partial charge < -0.3 is 9.88 Å². The first kappa shape index (κ1) is 14.1. The van der Waals surface area contributed by atoms with Crippen LogP contribution < -0.4 is 10.9 Å². The zero-order chi connectivity index (χ0) is 14.8. The zero-order valence-corrected chi connectivity index (χ0v) is 12.7. The molecule has 21 heavy (non-hydrogen) atoms. The van der Waals surface area contributed by atoms with Crippen LogP contribution in [-0.4, -0.2) is 11.6 Å². The van der Waals surface area contributed by atoms with Crippen molar-refractivity contribution in [2.45, 2.75) is 38.8 Å². The summed E-state index contributed by atoms with van der Waals surface area (Å²) in [6.45, 7) is 2.78. The summed E-state index contributed by atoms with van der Waals surface area (Å²) >= 11 is 0. The lowest BCUT2D eigenvalue weighted by Crippen LogP contribution is -2.26. The normalized spacial score (nSPS) is 14.4. The predicted octanol–water partition coefficient (Wildman–Crippen LogP) is 3.13. The molecule has 1 aliphatic carbocycles. The Morgan fingerprint density at radius 3 is 2.43 bits per heavy atom. The highest BCUT2D eigenvalue weighted by atomic mass is 16.1. The molecule has 0 saturated heterocycles. The van der Waals surface area contributed by atoms with Crippen LogP contribution >= 0.6 is 0 Å². The second-order valence-corrected chi connectivity index (χ2v) is 5.73. The van der Waals surface area contributed by atoms with Crippen molar-refractivity contribution in [3.8, 4) is 11.3 Å². The zero-order valence-electron chi connectivity index (χ0n) is 12.7. The molecule has 0 radical (unpaired) electrons. The summed E-state index contributed by atoms with van der Waals surface area (Å²) in [5, 5.41) is 3.07. The lowest BCUT2D eigenvalue weighted by Gasteiger charge is -2.14. The third-order valence-corrected chi connectivity index (χ3v) is 4.13. The number of hydrogen-bond donors (Lipinski definition) is 1. The van der Waals surface area contributed by atoms with Crippen LogP contribution in [0.5, 0.6) is 0 Å². The van der Waals surface area contributed by atoms with Crippen LogP contribution in [0, 0.1) is 0 Å². The van der Waals surface area contributed by atoms with Crippen molar-refractivity contribution in [2.24, 2.45) is 0 Å². The molecule has 3 heteroatoms. The first-order chi connectivity index (χ1) is 10.2. The van der Waals surface area contributed by atoms with Crippen molar-refractivity contribution in [1.29, 1.82) is 0 Å².